The van der Waals surface area contributed by atoms with Gasteiger partial charge in [0.05, 0.1) is 11.4 Å². The first kappa shape index (κ1) is 7.28. The largest absolute Gasteiger partial charge is 0.398 e. The number of nitrogens with two attached hydrogens (primary N) is 2. The first-order valence-corrected chi connectivity index (χ1v) is 4.08. The van der Waals surface area contributed by atoms with Crippen LogP contribution in [-0.2, 0) is 6.42 Å². The van der Waals surface area contributed by atoms with E-state index in [9.17, 15) is 0 Å². The highest BCUT2D eigenvalue weighted by Crippen LogP contribution is 2.36. The minimum Gasteiger partial charge on any atom is -0.398 e. The van der Waals surface area contributed by atoms with Crippen molar-refractivity contribution in [2.45, 2.75) is 6.42 Å². The van der Waals surface area contributed by atoms with Crippen LogP contribution in [0.2, 0.25) is 0 Å². The van der Waals surface area contributed by atoms with Gasteiger partial charge in [-0.05, 0) is 18.6 Å². The van der Waals surface area contributed by atoms with Crippen molar-refractivity contribution in [3.8, 4) is 0 Å². The topological polar surface area (TPSA) is 55.3 Å². The van der Waals surface area contributed by atoms with Gasteiger partial charge >= 0.3 is 0 Å². The lowest BCUT2D eigenvalue weighted by molar-refractivity contribution is 0.957. The zero-order chi connectivity index (χ0) is 8.72. The van der Waals surface area contributed by atoms with Crippen molar-refractivity contribution in [1.29, 1.82) is 0 Å². The molecule has 0 radical (unpaired) electrons. The quantitative estimate of drug-likeness (QED) is 0.557. The molecule has 0 spiro atoms. The minimum absolute atomic E-state index is 0.833. The number of nitrogens with zero attached hydrogens (tertiary/aromatic N) is 1. The maximum atomic E-state index is 5.83. The molecule has 3 heteroatoms. The van der Waals surface area contributed by atoms with Crippen molar-refractivity contribution in [2.24, 2.45) is 0 Å². The Labute approximate surface area is 72.0 Å². The molecule has 0 aromatic heterocycles. The molecule has 2 rings (SSSR count). The predicted octanol–water partition coefficient (Wildman–Crippen LogP) is 0.843. The Morgan fingerprint density at radius 1 is 1.25 bits per heavy atom. The third kappa shape index (κ3) is 0.826. The third-order valence-corrected chi connectivity index (χ3v) is 2.43. The molecule has 4 N–H and O–H groups in total. The summed E-state index contributed by atoms with van der Waals surface area (Å²) in [5.74, 6) is 0. The molecule has 3 nitrogen and oxygen atoms in total. The third-order valence-electron chi connectivity index (χ3n) is 2.43. The van der Waals surface area contributed by atoms with E-state index in [0.717, 1.165) is 30.0 Å². The fraction of sp³-hybridized carbons (Fsp3) is 0.333. The number of nitrogen functional groups attached to an aromatic ring is 2. The molecular weight excluding hydrogens is 150 g/mol. The second kappa shape index (κ2) is 2.30. The summed E-state index contributed by atoms with van der Waals surface area (Å²) in [7, 11) is 2.04. The average Bonchev–Trinajstić information content (AvgIpc) is 2.42. The molecule has 0 aliphatic carbocycles. The first-order valence-electron chi connectivity index (χ1n) is 4.08. The summed E-state index contributed by atoms with van der Waals surface area (Å²) in [5.41, 5.74) is 15.7. The first-order chi connectivity index (χ1) is 5.70. The maximum Gasteiger partial charge on any atom is 0.0651 e. The molecule has 0 unspecified atom stereocenters. The summed E-state index contributed by atoms with van der Waals surface area (Å²) >= 11 is 0. The van der Waals surface area contributed by atoms with Crippen molar-refractivity contribution in [3.63, 3.8) is 0 Å². The molecule has 1 aliphatic rings. The summed E-state index contributed by atoms with van der Waals surface area (Å²) in [6, 6.07) is 3.75. The molecule has 64 valence electrons. The van der Waals surface area contributed by atoms with E-state index in [1.54, 1.807) is 0 Å². The van der Waals surface area contributed by atoms with Crippen LogP contribution in [0.1, 0.15) is 5.56 Å². The van der Waals surface area contributed by atoms with E-state index in [1.807, 2.05) is 19.2 Å². The Balaban J connectivity index is 2.64. The molecule has 0 atom stereocenters. The number of rotatable bonds is 0. The van der Waals surface area contributed by atoms with Gasteiger partial charge in [0.25, 0.3) is 0 Å². The molecule has 0 bridgehead atoms. The molecule has 1 aliphatic heterocycles. The van der Waals surface area contributed by atoms with Gasteiger partial charge in [-0.3, -0.25) is 0 Å². The Bertz CT molecular complexity index is 320. The Morgan fingerprint density at radius 2 is 1.92 bits per heavy atom. The lowest BCUT2D eigenvalue weighted by Crippen LogP contribution is -2.13. The van der Waals surface area contributed by atoms with Crippen LogP contribution in [0, 0.1) is 0 Å². The lowest BCUT2D eigenvalue weighted by atomic mass is 10.1. The van der Waals surface area contributed by atoms with Crippen molar-refractivity contribution in [3.05, 3.63) is 17.7 Å². The molecule has 1 aromatic carbocycles. The highest BCUT2D eigenvalue weighted by Gasteiger charge is 2.20. The highest BCUT2D eigenvalue weighted by molar-refractivity contribution is 5.79. The summed E-state index contributed by atoms with van der Waals surface area (Å²) in [6.07, 6.45) is 1.02. The number of anilines is 3. The van der Waals surface area contributed by atoms with Crippen LogP contribution in [0.5, 0.6) is 0 Å². The molecule has 1 heterocycles. The normalized spacial score (nSPS) is 14.9. The average molecular weight is 163 g/mol. The lowest BCUT2D eigenvalue weighted by Gasteiger charge is -2.14. The van der Waals surface area contributed by atoms with Gasteiger partial charge in [-0.2, -0.15) is 0 Å². The molecule has 1 aromatic rings. The molecule has 0 fully saturated rings. The molecule has 0 saturated heterocycles. The zero-order valence-electron chi connectivity index (χ0n) is 7.17. The second-order valence-corrected chi connectivity index (χ2v) is 3.24. The molecular formula is C9H13N3. The Kier molecular flexibility index (Phi) is 1.40. The smallest absolute Gasteiger partial charge is 0.0651 e. The van der Waals surface area contributed by atoms with E-state index in [0.29, 0.717) is 0 Å². The van der Waals surface area contributed by atoms with E-state index in [-0.39, 0.29) is 0 Å². The SMILES string of the molecule is CN1CCc2c(N)ccc(N)c21. The van der Waals surface area contributed by atoms with Crippen molar-refractivity contribution in [1.82, 2.24) is 0 Å². The van der Waals surface area contributed by atoms with Crippen molar-refractivity contribution in [2.75, 3.05) is 30.0 Å². The summed E-state index contributed by atoms with van der Waals surface area (Å²) in [5, 5.41) is 0. The van der Waals surface area contributed by atoms with Crippen LogP contribution >= 0.6 is 0 Å². The standard InChI is InChI=1S/C9H13N3/c1-12-5-4-6-7(10)2-3-8(11)9(6)12/h2-3H,4-5,10-11H2,1H3. The molecule has 12 heavy (non-hydrogen) atoms. The summed E-state index contributed by atoms with van der Waals surface area (Å²) in [4.78, 5) is 2.15. The molecule has 0 saturated carbocycles. The number of hydrogen-bond donors (Lipinski definition) is 2. The number of benzene rings is 1. The number of likely N-dealkylation sites (N-methyl/N-ethyl adjacent to an activating group) is 1. The van der Waals surface area contributed by atoms with Crippen LogP contribution in [0.3, 0.4) is 0 Å². The maximum absolute atomic E-state index is 5.83. The van der Waals surface area contributed by atoms with Crippen molar-refractivity contribution >= 4 is 17.1 Å². The van der Waals surface area contributed by atoms with E-state index in [1.165, 1.54) is 5.56 Å². The van der Waals surface area contributed by atoms with E-state index >= 15 is 0 Å². The monoisotopic (exact) mass is 163 g/mol. The second-order valence-electron chi connectivity index (χ2n) is 3.24. The van der Waals surface area contributed by atoms with Gasteiger partial charge in [-0.15, -0.1) is 0 Å². The van der Waals surface area contributed by atoms with Crippen molar-refractivity contribution < 1.29 is 0 Å². The van der Waals surface area contributed by atoms with Gasteiger partial charge in [0, 0.05) is 24.8 Å². The fourth-order valence-electron chi connectivity index (χ4n) is 1.77. The van der Waals surface area contributed by atoms with Gasteiger partial charge < -0.3 is 16.4 Å². The fourth-order valence-corrected chi connectivity index (χ4v) is 1.77. The highest BCUT2D eigenvalue weighted by atomic mass is 15.1. The summed E-state index contributed by atoms with van der Waals surface area (Å²) in [6.45, 7) is 1.02. The van der Waals surface area contributed by atoms with Crippen LogP contribution in [0.25, 0.3) is 0 Å². The van der Waals surface area contributed by atoms with Crippen LogP contribution < -0.4 is 16.4 Å². The van der Waals surface area contributed by atoms with E-state index in [2.05, 4.69) is 4.90 Å². The van der Waals surface area contributed by atoms with Gasteiger partial charge in [-0.1, -0.05) is 0 Å². The van der Waals surface area contributed by atoms with Gasteiger partial charge in [0.15, 0.2) is 0 Å². The number of fused-ring (bicyclic) bond motifs is 1. The van der Waals surface area contributed by atoms with E-state index < -0.39 is 0 Å². The van der Waals surface area contributed by atoms with Crippen LogP contribution in [-0.4, -0.2) is 13.6 Å². The minimum atomic E-state index is 0.833. The summed E-state index contributed by atoms with van der Waals surface area (Å²) < 4.78 is 0. The van der Waals surface area contributed by atoms with Gasteiger partial charge in [0.1, 0.15) is 0 Å². The Morgan fingerprint density at radius 3 is 2.58 bits per heavy atom. The predicted molar refractivity (Wildman–Crippen MR) is 52.2 cm³/mol. The zero-order valence-corrected chi connectivity index (χ0v) is 7.17. The van der Waals surface area contributed by atoms with Crippen LogP contribution in [0.4, 0.5) is 17.1 Å². The van der Waals surface area contributed by atoms with Gasteiger partial charge in [0.2, 0.25) is 0 Å². The van der Waals surface area contributed by atoms with E-state index in [4.69, 9.17) is 11.5 Å². The molecule has 0 amide bonds. The van der Waals surface area contributed by atoms with Crippen LogP contribution in [0.15, 0.2) is 12.1 Å². The van der Waals surface area contributed by atoms with Gasteiger partial charge in [-0.25, -0.2) is 0 Å². The Hall–Kier alpha value is -1.38. The number of hydrogen-bond acceptors (Lipinski definition) is 3.